The van der Waals surface area contributed by atoms with Crippen molar-refractivity contribution in [1.29, 1.82) is 0 Å². The lowest BCUT2D eigenvalue weighted by molar-refractivity contribution is 0.0717. The zero-order chi connectivity index (χ0) is 12.3. The minimum absolute atomic E-state index is 0.0856. The molecule has 0 radical (unpaired) electrons. The summed E-state index contributed by atoms with van der Waals surface area (Å²) >= 11 is 0. The molecule has 0 aromatic heterocycles. The van der Waals surface area contributed by atoms with Crippen molar-refractivity contribution in [2.45, 2.75) is 44.8 Å². The number of benzene rings is 1. The van der Waals surface area contributed by atoms with Crippen LogP contribution in [0.25, 0.3) is 0 Å². The van der Waals surface area contributed by atoms with Crippen LogP contribution in [0.2, 0.25) is 0 Å². The first-order valence-electron chi connectivity index (χ1n) is 6.22. The summed E-state index contributed by atoms with van der Waals surface area (Å²) in [6.45, 7) is 1.99. The van der Waals surface area contributed by atoms with Crippen LogP contribution in [-0.2, 0) is 0 Å². The number of rotatable bonds is 2. The van der Waals surface area contributed by atoms with Gasteiger partial charge in [-0.25, -0.2) is 0 Å². The largest absolute Gasteiger partial charge is 0.391 e. The van der Waals surface area contributed by atoms with E-state index in [2.05, 4.69) is 5.32 Å². The molecule has 3 nitrogen and oxygen atoms in total. The van der Waals surface area contributed by atoms with Crippen LogP contribution in [-0.4, -0.2) is 23.2 Å². The molecule has 0 bridgehead atoms. The Kier molecular flexibility index (Phi) is 3.79. The quantitative estimate of drug-likeness (QED) is 0.821. The van der Waals surface area contributed by atoms with Gasteiger partial charge >= 0.3 is 0 Å². The van der Waals surface area contributed by atoms with Gasteiger partial charge in [0.05, 0.1) is 12.1 Å². The predicted molar refractivity (Wildman–Crippen MR) is 66.9 cm³/mol. The summed E-state index contributed by atoms with van der Waals surface area (Å²) in [6, 6.07) is 7.40. The summed E-state index contributed by atoms with van der Waals surface area (Å²) in [5.41, 5.74) is 1.80. The maximum Gasteiger partial charge on any atom is 0.251 e. The second-order valence-corrected chi connectivity index (χ2v) is 4.80. The summed E-state index contributed by atoms with van der Waals surface area (Å²) in [5, 5.41) is 12.7. The minimum Gasteiger partial charge on any atom is -0.391 e. The van der Waals surface area contributed by atoms with E-state index < -0.39 is 6.10 Å². The molecule has 2 atom stereocenters. The molecule has 2 rings (SSSR count). The molecule has 0 unspecified atom stereocenters. The Bertz CT molecular complexity index is 386. The number of nitrogens with one attached hydrogen (secondary N) is 1. The van der Waals surface area contributed by atoms with Gasteiger partial charge < -0.3 is 10.4 Å². The van der Waals surface area contributed by atoms with Gasteiger partial charge in [0.2, 0.25) is 0 Å². The van der Waals surface area contributed by atoms with Gasteiger partial charge in [-0.15, -0.1) is 0 Å². The molecule has 1 saturated carbocycles. The van der Waals surface area contributed by atoms with Gasteiger partial charge in [-0.1, -0.05) is 30.5 Å². The van der Waals surface area contributed by atoms with E-state index in [1.807, 2.05) is 31.2 Å². The first kappa shape index (κ1) is 12.1. The van der Waals surface area contributed by atoms with Gasteiger partial charge in [-0.2, -0.15) is 0 Å². The molecule has 1 aromatic rings. The molecular formula is C14H19NO2. The van der Waals surface area contributed by atoms with Crippen LogP contribution in [0.5, 0.6) is 0 Å². The van der Waals surface area contributed by atoms with Crippen LogP contribution < -0.4 is 5.32 Å². The van der Waals surface area contributed by atoms with E-state index in [9.17, 15) is 9.90 Å². The minimum atomic E-state index is -0.391. The highest BCUT2D eigenvalue weighted by Gasteiger charge is 2.24. The molecule has 1 aliphatic rings. The number of aryl methyl sites for hydroxylation is 1. The topological polar surface area (TPSA) is 49.3 Å². The normalized spacial score (nSPS) is 24.4. The van der Waals surface area contributed by atoms with Crippen molar-refractivity contribution in [3.63, 3.8) is 0 Å². The monoisotopic (exact) mass is 233 g/mol. The number of hydrogen-bond donors (Lipinski definition) is 2. The van der Waals surface area contributed by atoms with Crippen LogP contribution in [0.4, 0.5) is 0 Å². The maximum atomic E-state index is 11.9. The van der Waals surface area contributed by atoms with Gasteiger partial charge in [0.1, 0.15) is 0 Å². The Morgan fingerprint density at radius 2 is 1.88 bits per heavy atom. The predicted octanol–water partition coefficient (Wildman–Crippen LogP) is 2.03. The van der Waals surface area contributed by atoms with Crippen molar-refractivity contribution in [2.24, 2.45) is 0 Å². The third-order valence-corrected chi connectivity index (χ3v) is 3.36. The van der Waals surface area contributed by atoms with Crippen molar-refractivity contribution < 1.29 is 9.90 Å². The molecule has 1 aromatic carbocycles. The fourth-order valence-corrected chi connectivity index (χ4v) is 2.24. The Balaban J connectivity index is 1.98. The molecule has 0 heterocycles. The Morgan fingerprint density at radius 3 is 2.53 bits per heavy atom. The van der Waals surface area contributed by atoms with Crippen LogP contribution in [0.3, 0.4) is 0 Å². The highest BCUT2D eigenvalue weighted by Crippen LogP contribution is 2.18. The fraction of sp³-hybridized carbons (Fsp3) is 0.500. The highest BCUT2D eigenvalue weighted by molar-refractivity contribution is 5.94. The zero-order valence-electron chi connectivity index (χ0n) is 10.1. The Labute approximate surface area is 102 Å². The second kappa shape index (κ2) is 5.32. The SMILES string of the molecule is Cc1ccc(C(=O)N[C@@H]2CCCC[C@@H]2O)cc1. The van der Waals surface area contributed by atoms with E-state index in [4.69, 9.17) is 0 Å². The third kappa shape index (κ3) is 3.07. The fourth-order valence-electron chi connectivity index (χ4n) is 2.24. The summed E-state index contributed by atoms with van der Waals surface area (Å²) in [7, 11) is 0. The van der Waals surface area contributed by atoms with Crippen LogP contribution in [0.15, 0.2) is 24.3 Å². The van der Waals surface area contributed by atoms with Crippen molar-refractivity contribution in [3.05, 3.63) is 35.4 Å². The standard InChI is InChI=1S/C14H19NO2/c1-10-6-8-11(9-7-10)14(17)15-12-4-2-3-5-13(12)16/h6-9,12-13,16H,2-5H2,1H3,(H,15,17)/t12-,13+/m1/s1. The van der Waals surface area contributed by atoms with Crippen LogP contribution in [0.1, 0.15) is 41.6 Å². The van der Waals surface area contributed by atoms with Gasteiger partial charge in [0.25, 0.3) is 5.91 Å². The molecule has 0 aliphatic heterocycles. The van der Waals surface area contributed by atoms with Crippen molar-refractivity contribution in [2.75, 3.05) is 0 Å². The summed E-state index contributed by atoms with van der Waals surface area (Å²) < 4.78 is 0. The van der Waals surface area contributed by atoms with E-state index in [-0.39, 0.29) is 11.9 Å². The highest BCUT2D eigenvalue weighted by atomic mass is 16.3. The smallest absolute Gasteiger partial charge is 0.251 e. The van der Waals surface area contributed by atoms with Gasteiger partial charge in [-0.3, -0.25) is 4.79 Å². The number of aliphatic hydroxyl groups excluding tert-OH is 1. The second-order valence-electron chi connectivity index (χ2n) is 4.80. The van der Waals surface area contributed by atoms with E-state index in [1.165, 1.54) is 0 Å². The van der Waals surface area contributed by atoms with Crippen molar-refractivity contribution >= 4 is 5.91 Å². The summed E-state index contributed by atoms with van der Waals surface area (Å²) in [4.78, 5) is 11.9. The average molecular weight is 233 g/mol. The maximum absolute atomic E-state index is 11.9. The molecule has 1 aliphatic carbocycles. The molecule has 1 fully saturated rings. The molecule has 1 amide bonds. The number of carbonyl (C=O) groups is 1. The van der Waals surface area contributed by atoms with Gasteiger partial charge in [-0.05, 0) is 31.9 Å². The van der Waals surface area contributed by atoms with E-state index in [0.717, 1.165) is 31.2 Å². The molecule has 2 N–H and O–H groups in total. The van der Waals surface area contributed by atoms with Gasteiger partial charge in [0, 0.05) is 5.56 Å². The Hall–Kier alpha value is -1.35. The lowest BCUT2D eigenvalue weighted by Gasteiger charge is -2.28. The molecule has 0 saturated heterocycles. The molecule has 92 valence electrons. The molecule has 17 heavy (non-hydrogen) atoms. The van der Waals surface area contributed by atoms with E-state index >= 15 is 0 Å². The molecule has 3 heteroatoms. The summed E-state index contributed by atoms with van der Waals surface area (Å²) in [6.07, 6.45) is 3.41. The van der Waals surface area contributed by atoms with Crippen LogP contribution in [0, 0.1) is 6.92 Å². The lowest BCUT2D eigenvalue weighted by atomic mass is 9.92. The zero-order valence-corrected chi connectivity index (χ0v) is 10.1. The first-order chi connectivity index (χ1) is 8.16. The molecular weight excluding hydrogens is 214 g/mol. The third-order valence-electron chi connectivity index (χ3n) is 3.36. The van der Waals surface area contributed by atoms with E-state index in [1.54, 1.807) is 0 Å². The van der Waals surface area contributed by atoms with Crippen molar-refractivity contribution in [3.8, 4) is 0 Å². The lowest BCUT2D eigenvalue weighted by Crippen LogP contribution is -2.45. The van der Waals surface area contributed by atoms with Crippen molar-refractivity contribution in [1.82, 2.24) is 5.32 Å². The van der Waals surface area contributed by atoms with Crippen LogP contribution >= 0.6 is 0 Å². The summed E-state index contributed by atoms with van der Waals surface area (Å²) in [5.74, 6) is -0.0871. The molecule has 0 spiro atoms. The van der Waals surface area contributed by atoms with E-state index in [0.29, 0.717) is 5.56 Å². The first-order valence-corrected chi connectivity index (χ1v) is 6.22. The number of amides is 1. The average Bonchev–Trinajstić information content (AvgIpc) is 2.33. The number of hydrogen-bond acceptors (Lipinski definition) is 2. The Morgan fingerprint density at radius 1 is 1.24 bits per heavy atom. The number of aliphatic hydroxyl groups is 1. The van der Waals surface area contributed by atoms with Gasteiger partial charge in [0.15, 0.2) is 0 Å². The number of carbonyl (C=O) groups excluding carboxylic acids is 1.